The molecule has 0 aromatic heterocycles. The monoisotopic (exact) mass is 657 g/mol. The molecule has 0 aliphatic heterocycles. The lowest BCUT2D eigenvalue weighted by Crippen LogP contribution is -2.66. The smallest absolute Gasteiger partial charge is 0.335 e. The molecule has 10 atom stereocenters. The van der Waals surface area contributed by atoms with Crippen LogP contribution in [0.1, 0.15) is 129 Å². The normalized spacial score (nSPS) is 40.4. The van der Waals surface area contributed by atoms with Crippen LogP contribution >= 0.6 is 0 Å². The number of hydrogen-bond acceptors (Lipinski definition) is 3. The Kier molecular flexibility index (Phi) is 8.44. The number of rotatable bonds is 7. The minimum absolute atomic E-state index is 0.0366. The van der Waals surface area contributed by atoms with E-state index < -0.39 is 23.4 Å². The van der Waals surface area contributed by atoms with Gasteiger partial charge in [0.25, 0.3) is 0 Å². The Balaban J connectivity index is 1.35. The highest BCUT2D eigenvalue weighted by atomic mass is 16.4. The maximum atomic E-state index is 14.4. The average Bonchev–Trinajstić information content (AvgIpc) is 3.41. The van der Waals surface area contributed by atoms with Crippen molar-refractivity contribution < 1.29 is 24.6 Å². The van der Waals surface area contributed by atoms with E-state index in [1.165, 1.54) is 11.1 Å². The van der Waals surface area contributed by atoms with Gasteiger partial charge < -0.3 is 15.5 Å². The average molecular weight is 658 g/mol. The molecule has 1 aromatic rings. The van der Waals surface area contributed by atoms with Crippen molar-refractivity contribution in [3.05, 3.63) is 53.6 Å². The maximum Gasteiger partial charge on any atom is 0.335 e. The van der Waals surface area contributed by atoms with Gasteiger partial charge in [0.15, 0.2) is 0 Å². The molecule has 5 aliphatic rings. The van der Waals surface area contributed by atoms with Crippen LogP contribution in [0.2, 0.25) is 0 Å². The van der Waals surface area contributed by atoms with Crippen LogP contribution in [0.5, 0.6) is 0 Å². The largest absolute Gasteiger partial charge is 0.480 e. The summed E-state index contributed by atoms with van der Waals surface area (Å²) in [7, 11) is 0. The lowest BCUT2D eigenvalue weighted by atomic mass is 9.32. The number of hydrogen-bond donors (Lipinski definition) is 3. The van der Waals surface area contributed by atoms with Crippen molar-refractivity contribution in [3.63, 3.8) is 0 Å². The van der Waals surface area contributed by atoms with E-state index in [9.17, 15) is 24.6 Å². The quantitative estimate of drug-likeness (QED) is 0.254. The number of carbonyl (C=O) groups is 3. The maximum absolute atomic E-state index is 14.4. The van der Waals surface area contributed by atoms with Crippen LogP contribution in [0.25, 0.3) is 5.57 Å². The lowest BCUT2D eigenvalue weighted by molar-refractivity contribution is -0.225. The lowest BCUT2D eigenvalue weighted by Gasteiger charge is -2.72. The molecular formula is C42H59NO5. The number of nitrogens with one attached hydrogen (secondary N) is 1. The fourth-order valence-corrected chi connectivity index (χ4v) is 13.2. The van der Waals surface area contributed by atoms with Crippen LogP contribution in [-0.4, -0.2) is 34.1 Å². The summed E-state index contributed by atoms with van der Waals surface area (Å²) in [6.07, 6.45) is 11.6. The molecule has 48 heavy (non-hydrogen) atoms. The van der Waals surface area contributed by atoms with Crippen LogP contribution in [0.4, 0.5) is 0 Å². The molecule has 3 N–H and O–H groups in total. The molecule has 6 rings (SSSR count). The first kappa shape index (κ1) is 35.0. The molecule has 1 aromatic carbocycles. The molecule has 6 nitrogen and oxygen atoms in total. The first-order valence-electron chi connectivity index (χ1n) is 18.6. The van der Waals surface area contributed by atoms with E-state index in [2.05, 4.69) is 59.5 Å². The predicted octanol–water partition coefficient (Wildman–Crippen LogP) is 9.26. The Hall–Kier alpha value is -2.89. The zero-order valence-electron chi connectivity index (χ0n) is 30.6. The number of fused-ring (bicyclic) bond motifs is 7. The van der Waals surface area contributed by atoms with E-state index in [-0.39, 0.29) is 45.3 Å². The Morgan fingerprint density at radius 2 is 1.52 bits per heavy atom. The van der Waals surface area contributed by atoms with Crippen molar-refractivity contribution >= 4 is 23.4 Å². The molecule has 0 unspecified atom stereocenters. The zero-order valence-corrected chi connectivity index (χ0v) is 30.6. The minimum atomic E-state index is -0.954. The summed E-state index contributed by atoms with van der Waals surface area (Å²) in [5, 5.41) is 22.5. The van der Waals surface area contributed by atoms with Gasteiger partial charge in [-0.3, -0.25) is 4.79 Å². The highest BCUT2D eigenvalue weighted by molar-refractivity contribution is 5.89. The highest BCUT2D eigenvalue weighted by Gasteiger charge is 2.71. The summed E-state index contributed by atoms with van der Waals surface area (Å²) in [6, 6.07) is 6.57. The second-order valence-electron chi connectivity index (χ2n) is 18.3. The number of amides is 1. The van der Waals surface area contributed by atoms with E-state index in [1.807, 2.05) is 26.0 Å². The second-order valence-corrected chi connectivity index (χ2v) is 18.3. The topological polar surface area (TPSA) is 104 Å². The number of carbonyl (C=O) groups excluding carboxylic acids is 1. The van der Waals surface area contributed by atoms with Crippen molar-refractivity contribution in [1.82, 2.24) is 5.32 Å². The van der Waals surface area contributed by atoms with E-state index in [0.29, 0.717) is 23.3 Å². The van der Waals surface area contributed by atoms with Gasteiger partial charge in [-0.25, -0.2) is 9.59 Å². The second kappa shape index (κ2) is 11.6. The Morgan fingerprint density at radius 1 is 0.854 bits per heavy atom. The third-order valence-electron chi connectivity index (χ3n) is 15.8. The molecule has 0 bridgehead atoms. The SMILES string of the molecule is C=C(C)[C@@H]1CC[C@]2(C(=O)N[C@H](C(=O)O)C(C)C)CC[C@]3(C)[C@H](CC[C@@H]4[C@@]5(C)CC=C(c6ccc(C(=O)O)cc6)C(C)(C)[C@@H]5CC[C@]43C)[C@@H]12. The zero-order chi connectivity index (χ0) is 35.2. The summed E-state index contributed by atoms with van der Waals surface area (Å²) in [4.78, 5) is 38.1. The van der Waals surface area contributed by atoms with Gasteiger partial charge in [0.1, 0.15) is 6.04 Å². The van der Waals surface area contributed by atoms with Crippen LogP contribution in [-0.2, 0) is 9.59 Å². The van der Waals surface area contributed by atoms with Gasteiger partial charge in [-0.2, -0.15) is 0 Å². The standard InChI is InChI=1S/C42H59NO5/c1-24(2)28-16-21-42(37(48)43-34(25(3)4)36(46)47)23-22-40(8)30(33(28)42)14-15-32-39(7)19-17-29(26-10-12-27(13-11-26)35(44)45)38(5,6)31(39)18-20-41(32,40)9/h10-13,17,25,28,30-34H,1,14-16,18-23H2,2-9H3,(H,43,48)(H,44,45)(H,46,47)/t28-,30+,31-,32+,33+,34-,39-,40+,41+,42-/m0/s1. The third-order valence-corrected chi connectivity index (χ3v) is 15.8. The molecule has 5 aliphatic carbocycles. The molecule has 0 radical (unpaired) electrons. The summed E-state index contributed by atoms with van der Waals surface area (Å²) < 4.78 is 0. The fraction of sp³-hybridized carbons (Fsp3) is 0.690. The van der Waals surface area contributed by atoms with Crippen molar-refractivity contribution in [3.8, 4) is 0 Å². The molecule has 4 saturated carbocycles. The van der Waals surface area contributed by atoms with E-state index in [4.69, 9.17) is 0 Å². The summed E-state index contributed by atoms with van der Waals surface area (Å²) in [5.41, 5.74) is 3.70. The van der Waals surface area contributed by atoms with Crippen molar-refractivity contribution in [2.75, 3.05) is 0 Å². The van der Waals surface area contributed by atoms with Gasteiger partial charge in [-0.15, -0.1) is 0 Å². The molecule has 0 saturated heterocycles. The minimum Gasteiger partial charge on any atom is -0.480 e. The van der Waals surface area contributed by atoms with E-state index >= 15 is 0 Å². The highest BCUT2D eigenvalue weighted by Crippen LogP contribution is 2.77. The summed E-state index contributed by atoms with van der Waals surface area (Å²) in [6.45, 7) is 22.9. The molecule has 0 heterocycles. The molecule has 262 valence electrons. The van der Waals surface area contributed by atoms with Crippen LogP contribution in [0.15, 0.2) is 42.5 Å². The number of carboxylic acids is 2. The van der Waals surface area contributed by atoms with Gasteiger partial charge in [0.2, 0.25) is 5.91 Å². The molecular weight excluding hydrogens is 598 g/mol. The number of aromatic carboxylic acids is 1. The first-order valence-corrected chi connectivity index (χ1v) is 18.6. The van der Waals surface area contributed by atoms with Crippen molar-refractivity contribution in [2.24, 2.45) is 62.6 Å². The van der Waals surface area contributed by atoms with Crippen LogP contribution in [0.3, 0.4) is 0 Å². The number of allylic oxidation sites excluding steroid dienone is 3. The van der Waals surface area contributed by atoms with Crippen molar-refractivity contribution in [2.45, 2.75) is 119 Å². The Labute approximate surface area is 288 Å². The third kappa shape index (κ3) is 4.81. The first-order chi connectivity index (χ1) is 22.3. The Bertz CT molecular complexity index is 1540. The molecule has 1 amide bonds. The van der Waals surface area contributed by atoms with Gasteiger partial charge in [-0.1, -0.05) is 78.8 Å². The van der Waals surface area contributed by atoms with E-state index in [0.717, 1.165) is 63.4 Å². The summed E-state index contributed by atoms with van der Waals surface area (Å²) in [5.74, 6) is -0.154. The molecule has 6 heteroatoms. The van der Waals surface area contributed by atoms with Gasteiger partial charge >= 0.3 is 11.9 Å². The molecule has 0 spiro atoms. The number of benzene rings is 1. The fourth-order valence-electron chi connectivity index (χ4n) is 13.2. The van der Waals surface area contributed by atoms with Crippen LogP contribution in [0, 0.1) is 62.6 Å². The number of carboxylic acid groups (broad SMARTS) is 2. The van der Waals surface area contributed by atoms with Gasteiger partial charge in [0.05, 0.1) is 11.0 Å². The predicted molar refractivity (Wildman–Crippen MR) is 190 cm³/mol. The Morgan fingerprint density at radius 3 is 2.10 bits per heavy atom. The van der Waals surface area contributed by atoms with Gasteiger partial charge in [0, 0.05) is 0 Å². The summed E-state index contributed by atoms with van der Waals surface area (Å²) >= 11 is 0. The van der Waals surface area contributed by atoms with Crippen molar-refractivity contribution in [1.29, 1.82) is 0 Å². The molecule has 4 fully saturated rings. The number of aliphatic carboxylic acids is 1. The van der Waals surface area contributed by atoms with Crippen LogP contribution < -0.4 is 5.32 Å². The van der Waals surface area contributed by atoms with Gasteiger partial charge in [-0.05, 0) is 145 Å². The van der Waals surface area contributed by atoms with E-state index in [1.54, 1.807) is 12.1 Å².